The summed E-state index contributed by atoms with van der Waals surface area (Å²) < 4.78 is 0.745. The standard InChI is InChI=1S/C14H19BrN2O2/c1-5-17(14(2,3)4)13(19)12(18)16-11-9-7-6-8-10(11)15/h6-9H,5H2,1-4H3,(H,16,18). The Morgan fingerprint density at radius 3 is 2.32 bits per heavy atom. The lowest BCUT2D eigenvalue weighted by atomic mass is 10.1. The van der Waals surface area contributed by atoms with Crippen molar-refractivity contribution in [1.29, 1.82) is 0 Å². The molecule has 1 aromatic rings. The van der Waals surface area contributed by atoms with Crippen LogP contribution in [-0.2, 0) is 9.59 Å². The first kappa shape index (κ1) is 15.7. The fourth-order valence-electron chi connectivity index (χ4n) is 1.78. The van der Waals surface area contributed by atoms with Gasteiger partial charge in [-0.05, 0) is 55.8 Å². The number of nitrogens with zero attached hydrogens (tertiary/aromatic N) is 1. The predicted octanol–water partition coefficient (Wildman–Crippen LogP) is 3.03. The monoisotopic (exact) mass is 326 g/mol. The van der Waals surface area contributed by atoms with Crippen LogP contribution in [0.2, 0.25) is 0 Å². The average Bonchev–Trinajstić information content (AvgIpc) is 2.31. The normalized spacial score (nSPS) is 11.0. The smallest absolute Gasteiger partial charge is 0.313 e. The molecule has 19 heavy (non-hydrogen) atoms. The van der Waals surface area contributed by atoms with Gasteiger partial charge in [0, 0.05) is 16.6 Å². The molecule has 0 aliphatic heterocycles. The second-order valence-corrected chi connectivity index (χ2v) is 6.01. The van der Waals surface area contributed by atoms with E-state index >= 15 is 0 Å². The first-order chi connectivity index (χ1) is 8.77. The van der Waals surface area contributed by atoms with E-state index in [1.165, 1.54) is 0 Å². The number of para-hydroxylation sites is 1. The molecule has 1 aromatic carbocycles. The molecule has 0 unspecified atom stereocenters. The van der Waals surface area contributed by atoms with E-state index in [9.17, 15) is 9.59 Å². The maximum absolute atomic E-state index is 12.1. The predicted molar refractivity (Wildman–Crippen MR) is 79.9 cm³/mol. The molecule has 0 saturated carbocycles. The summed E-state index contributed by atoms with van der Waals surface area (Å²) in [6, 6.07) is 7.19. The fraction of sp³-hybridized carbons (Fsp3) is 0.429. The highest BCUT2D eigenvalue weighted by Crippen LogP contribution is 2.21. The van der Waals surface area contributed by atoms with Crippen LogP contribution in [0, 0.1) is 0 Å². The molecule has 0 bridgehead atoms. The molecule has 5 heteroatoms. The minimum absolute atomic E-state index is 0.378. The molecule has 4 nitrogen and oxygen atoms in total. The van der Waals surface area contributed by atoms with Crippen molar-refractivity contribution in [3.63, 3.8) is 0 Å². The third-order valence-corrected chi connectivity index (χ3v) is 3.38. The topological polar surface area (TPSA) is 49.4 Å². The number of rotatable bonds is 2. The number of carbonyl (C=O) groups is 2. The second kappa shape index (κ2) is 6.19. The van der Waals surface area contributed by atoms with E-state index in [-0.39, 0.29) is 5.54 Å². The fourth-order valence-corrected chi connectivity index (χ4v) is 2.17. The summed E-state index contributed by atoms with van der Waals surface area (Å²) in [6.45, 7) is 8.06. The zero-order valence-corrected chi connectivity index (χ0v) is 13.2. The molecule has 0 aliphatic carbocycles. The van der Waals surface area contributed by atoms with Crippen LogP contribution >= 0.6 is 15.9 Å². The van der Waals surface area contributed by atoms with Crippen molar-refractivity contribution in [2.24, 2.45) is 0 Å². The number of hydrogen-bond acceptors (Lipinski definition) is 2. The van der Waals surface area contributed by atoms with Crippen molar-refractivity contribution in [2.75, 3.05) is 11.9 Å². The van der Waals surface area contributed by atoms with Crippen molar-refractivity contribution >= 4 is 33.4 Å². The molecule has 0 fully saturated rings. The van der Waals surface area contributed by atoms with Gasteiger partial charge in [0.25, 0.3) is 0 Å². The summed E-state index contributed by atoms with van der Waals surface area (Å²) in [5.41, 5.74) is 0.211. The van der Waals surface area contributed by atoms with Crippen LogP contribution in [-0.4, -0.2) is 28.8 Å². The van der Waals surface area contributed by atoms with Gasteiger partial charge in [-0.2, -0.15) is 0 Å². The summed E-state index contributed by atoms with van der Waals surface area (Å²) in [5, 5.41) is 2.62. The first-order valence-corrected chi connectivity index (χ1v) is 6.94. The van der Waals surface area contributed by atoms with Crippen molar-refractivity contribution in [2.45, 2.75) is 33.2 Å². The van der Waals surface area contributed by atoms with Crippen LogP contribution in [0.5, 0.6) is 0 Å². The molecule has 1 N–H and O–H groups in total. The molecule has 2 amide bonds. The van der Waals surface area contributed by atoms with Gasteiger partial charge in [0.1, 0.15) is 0 Å². The van der Waals surface area contributed by atoms with Crippen molar-refractivity contribution < 1.29 is 9.59 Å². The van der Waals surface area contributed by atoms with Gasteiger partial charge < -0.3 is 10.2 Å². The molecular weight excluding hydrogens is 308 g/mol. The Bertz CT molecular complexity index is 481. The summed E-state index contributed by atoms with van der Waals surface area (Å²) in [4.78, 5) is 25.7. The Hall–Kier alpha value is -1.36. The minimum Gasteiger partial charge on any atom is -0.330 e. The molecule has 0 radical (unpaired) electrons. The first-order valence-electron chi connectivity index (χ1n) is 6.15. The summed E-state index contributed by atoms with van der Waals surface area (Å²) in [5.74, 6) is -1.14. The lowest BCUT2D eigenvalue weighted by molar-refractivity contribution is -0.146. The highest BCUT2D eigenvalue weighted by atomic mass is 79.9. The van der Waals surface area contributed by atoms with Crippen molar-refractivity contribution in [3.8, 4) is 0 Å². The van der Waals surface area contributed by atoms with E-state index in [0.29, 0.717) is 12.2 Å². The Kier molecular flexibility index (Phi) is 5.11. The number of benzene rings is 1. The number of likely N-dealkylation sites (N-methyl/N-ethyl adjacent to an activating group) is 1. The number of nitrogens with one attached hydrogen (secondary N) is 1. The van der Waals surface area contributed by atoms with Crippen LogP contribution in [0.4, 0.5) is 5.69 Å². The number of carbonyl (C=O) groups excluding carboxylic acids is 2. The SMILES string of the molecule is CCN(C(=O)C(=O)Nc1ccccc1Br)C(C)(C)C. The molecule has 0 atom stereocenters. The minimum atomic E-state index is -0.622. The Labute approximate surface area is 122 Å². The van der Waals surface area contributed by atoms with E-state index in [1.807, 2.05) is 33.8 Å². The number of hydrogen-bond donors (Lipinski definition) is 1. The largest absolute Gasteiger partial charge is 0.330 e. The molecule has 0 aliphatic rings. The lowest BCUT2D eigenvalue weighted by Gasteiger charge is -2.34. The Balaban J connectivity index is 2.84. The zero-order chi connectivity index (χ0) is 14.6. The third kappa shape index (κ3) is 4.06. The second-order valence-electron chi connectivity index (χ2n) is 5.15. The van der Waals surface area contributed by atoms with Gasteiger partial charge in [-0.15, -0.1) is 0 Å². The van der Waals surface area contributed by atoms with E-state index in [0.717, 1.165) is 4.47 Å². The van der Waals surface area contributed by atoms with E-state index in [4.69, 9.17) is 0 Å². The summed E-state index contributed by atoms with van der Waals surface area (Å²) in [7, 11) is 0. The Morgan fingerprint density at radius 1 is 1.26 bits per heavy atom. The molecule has 104 valence electrons. The van der Waals surface area contributed by atoms with Gasteiger partial charge in [0.2, 0.25) is 0 Å². The molecule has 0 spiro atoms. The number of anilines is 1. The lowest BCUT2D eigenvalue weighted by Crippen LogP contribution is -2.49. The molecule has 0 aromatic heterocycles. The third-order valence-electron chi connectivity index (χ3n) is 2.69. The van der Waals surface area contributed by atoms with E-state index in [1.54, 1.807) is 23.1 Å². The molecule has 0 heterocycles. The highest BCUT2D eigenvalue weighted by molar-refractivity contribution is 9.10. The van der Waals surface area contributed by atoms with Gasteiger partial charge in [-0.1, -0.05) is 12.1 Å². The van der Waals surface area contributed by atoms with Crippen molar-refractivity contribution in [1.82, 2.24) is 4.90 Å². The average molecular weight is 327 g/mol. The maximum Gasteiger partial charge on any atom is 0.313 e. The molecule has 1 rings (SSSR count). The van der Waals surface area contributed by atoms with Crippen LogP contribution in [0.3, 0.4) is 0 Å². The van der Waals surface area contributed by atoms with E-state index < -0.39 is 11.8 Å². The van der Waals surface area contributed by atoms with Crippen LogP contribution in [0.1, 0.15) is 27.7 Å². The van der Waals surface area contributed by atoms with Crippen LogP contribution in [0.25, 0.3) is 0 Å². The number of halogens is 1. The van der Waals surface area contributed by atoms with Crippen LogP contribution < -0.4 is 5.32 Å². The van der Waals surface area contributed by atoms with Crippen LogP contribution in [0.15, 0.2) is 28.7 Å². The van der Waals surface area contributed by atoms with Gasteiger partial charge in [0.15, 0.2) is 0 Å². The van der Waals surface area contributed by atoms with Gasteiger partial charge >= 0.3 is 11.8 Å². The van der Waals surface area contributed by atoms with E-state index in [2.05, 4.69) is 21.2 Å². The maximum atomic E-state index is 12.1. The number of amides is 2. The van der Waals surface area contributed by atoms with Gasteiger partial charge in [-0.3, -0.25) is 9.59 Å². The van der Waals surface area contributed by atoms with Gasteiger partial charge in [0.05, 0.1) is 5.69 Å². The molecule has 0 saturated heterocycles. The van der Waals surface area contributed by atoms with Gasteiger partial charge in [-0.25, -0.2) is 0 Å². The highest BCUT2D eigenvalue weighted by Gasteiger charge is 2.29. The summed E-state index contributed by atoms with van der Waals surface area (Å²) >= 11 is 3.33. The Morgan fingerprint density at radius 2 is 1.84 bits per heavy atom. The molecular formula is C14H19BrN2O2. The quantitative estimate of drug-likeness (QED) is 0.849. The summed E-state index contributed by atoms with van der Waals surface area (Å²) in [6.07, 6.45) is 0. The zero-order valence-electron chi connectivity index (χ0n) is 11.7. The van der Waals surface area contributed by atoms with Crippen molar-refractivity contribution in [3.05, 3.63) is 28.7 Å².